The summed E-state index contributed by atoms with van der Waals surface area (Å²) in [4.78, 5) is 12.0. The number of nitrogens with zero attached hydrogens (tertiary/aromatic N) is 5. The van der Waals surface area contributed by atoms with Crippen LogP contribution in [-0.4, -0.2) is 30.6 Å². The Morgan fingerprint density at radius 3 is 2.67 bits per heavy atom. The van der Waals surface area contributed by atoms with E-state index in [1.165, 1.54) is 10.9 Å². The van der Waals surface area contributed by atoms with Crippen molar-refractivity contribution in [1.82, 2.24) is 24.8 Å². The van der Waals surface area contributed by atoms with Crippen molar-refractivity contribution in [2.24, 2.45) is 14.1 Å². The van der Waals surface area contributed by atoms with Crippen molar-refractivity contribution in [1.29, 1.82) is 0 Å². The number of rotatable bonds is 2. The van der Waals surface area contributed by atoms with Gasteiger partial charge in [-0.2, -0.15) is 5.10 Å². The molecule has 0 saturated carbocycles. The first-order valence-corrected chi connectivity index (χ1v) is 4.97. The minimum absolute atomic E-state index is 0.150. The van der Waals surface area contributed by atoms with Crippen LogP contribution in [0.15, 0.2) is 17.0 Å². The lowest BCUT2D eigenvalue weighted by Gasteiger charge is -1.97. The average Bonchev–Trinajstić information content (AvgIpc) is 2.73. The normalized spacial score (nSPS) is 10.6. The molecule has 0 saturated heterocycles. The van der Waals surface area contributed by atoms with E-state index in [0.717, 1.165) is 0 Å². The van der Waals surface area contributed by atoms with Gasteiger partial charge in [-0.25, -0.2) is 4.68 Å². The van der Waals surface area contributed by atoms with Gasteiger partial charge in [0.2, 0.25) is 5.78 Å². The molecule has 2 heterocycles. The molecule has 6 nitrogen and oxygen atoms in total. The predicted octanol–water partition coefficient (Wildman–Crippen LogP) is 0.542. The number of hydrogen-bond donors (Lipinski definition) is 0. The van der Waals surface area contributed by atoms with Crippen LogP contribution >= 0.6 is 15.9 Å². The Kier molecular flexibility index (Phi) is 2.39. The molecule has 2 aromatic rings. The van der Waals surface area contributed by atoms with Crippen LogP contribution in [-0.2, 0) is 14.1 Å². The van der Waals surface area contributed by atoms with Crippen molar-refractivity contribution in [2.75, 3.05) is 0 Å². The van der Waals surface area contributed by atoms with Gasteiger partial charge in [0.25, 0.3) is 0 Å². The molecule has 78 valence electrons. The zero-order valence-electron chi connectivity index (χ0n) is 8.18. The molecule has 0 aliphatic rings. The topological polar surface area (TPSA) is 65.6 Å². The molecule has 0 N–H and O–H groups in total. The largest absolute Gasteiger partial charge is 0.287 e. The molecule has 0 atom stereocenters. The van der Waals surface area contributed by atoms with E-state index in [0.29, 0.717) is 15.9 Å². The van der Waals surface area contributed by atoms with Crippen molar-refractivity contribution >= 4 is 21.7 Å². The van der Waals surface area contributed by atoms with Crippen molar-refractivity contribution in [3.63, 3.8) is 0 Å². The van der Waals surface area contributed by atoms with Crippen LogP contribution in [0.5, 0.6) is 0 Å². The third-order valence-electron chi connectivity index (χ3n) is 1.97. The maximum atomic E-state index is 12.0. The molecule has 0 radical (unpaired) electrons. The minimum atomic E-state index is -0.150. The minimum Gasteiger partial charge on any atom is -0.287 e. The van der Waals surface area contributed by atoms with E-state index < -0.39 is 0 Å². The molecule has 0 amide bonds. The number of ketones is 1. The molecule has 0 aliphatic heterocycles. The standard InChI is InChI=1S/C8H8BrN5O/c1-13-4-5(3-10-13)7(15)6-8(9)11-12-14(6)2/h3-4H,1-2H3. The number of carbonyl (C=O) groups excluding carboxylic acids is 1. The van der Waals surface area contributed by atoms with Crippen LogP contribution in [0, 0.1) is 0 Å². The molecule has 2 rings (SSSR count). The summed E-state index contributed by atoms with van der Waals surface area (Å²) in [6, 6.07) is 0. The van der Waals surface area contributed by atoms with Gasteiger partial charge in [0.15, 0.2) is 4.60 Å². The Morgan fingerprint density at radius 1 is 1.47 bits per heavy atom. The monoisotopic (exact) mass is 269 g/mol. The molecule has 0 unspecified atom stereocenters. The molecule has 0 spiro atoms. The summed E-state index contributed by atoms with van der Waals surface area (Å²) in [5.74, 6) is -0.150. The zero-order valence-corrected chi connectivity index (χ0v) is 9.76. The summed E-state index contributed by atoms with van der Waals surface area (Å²) in [5, 5.41) is 11.4. The van der Waals surface area contributed by atoms with Gasteiger partial charge in [-0.15, -0.1) is 5.10 Å². The zero-order chi connectivity index (χ0) is 11.0. The van der Waals surface area contributed by atoms with E-state index in [1.54, 1.807) is 25.0 Å². The lowest BCUT2D eigenvalue weighted by molar-refractivity contribution is 0.102. The van der Waals surface area contributed by atoms with Crippen LogP contribution < -0.4 is 0 Å². The lowest BCUT2D eigenvalue weighted by Crippen LogP contribution is -2.08. The Bertz CT molecular complexity index is 495. The number of carbonyl (C=O) groups is 1. The second kappa shape index (κ2) is 3.58. The highest BCUT2D eigenvalue weighted by Gasteiger charge is 2.19. The molecule has 2 aromatic heterocycles. The second-order valence-corrected chi connectivity index (χ2v) is 3.84. The number of aromatic nitrogens is 5. The molecule has 7 heteroatoms. The SMILES string of the molecule is Cn1cc(C(=O)c2c(Br)nnn2C)cn1. The van der Waals surface area contributed by atoms with Gasteiger partial charge < -0.3 is 0 Å². The molecule has 0 fully saturated rings. The van der Waals surface area contributed by atoms with E-state index in [1.807, 2.05) is 0 Å². The number of halogens is 1. The van der Waals surface area contributed by atoms with Crippen LogP contribution in [0.1, 0.15) is 16.1 Å². The molecule has 0 aromatic carbocycles. The number of hydrogen-bond acceptors (Lipinski definition) is 4. The Labute approximate surface area is 94.0 Å². The number of aryl methyl sites for hydroxylation is 2. The van der Waals surface area contributed by atoms with E-state index in [4.69, 9.17) is 0 Å². The van der Waals surface area contributed by atoms with Crippen LogP contribution in [0.4, 0.5) is 0 Å². The average molecular weight is 270 g/mol. The van der Waals surface area contributed by atoms with Gasteiger partial charge in [0.1, 0.15) is 5.69 Å². The van der Waals surface area contributed by atoms with Crippen molar-refractivity contribution in [2.45, 2.75) is 0 Å². The highest BCUT2D eigenvalue weighted by molar-refractivity contribution is 9.10. The second-order valence-electron chi connectivity index (χ2n) is 3.08. The predicted molar refractivity (Wildman–Crippen MR) is 55.3 cm³/mol. The van der Waals surface area contributed by atoms with Crippen LogP contribution in [0.3, 0.4) is 0 Å². The fourth-order valence-electron chi connectivity index (χ4n) is 1.25. The first-order chi connectivity index (χ1) is 7.09. The van der Waals surface area contributed by atoms with Gasteiger partial charge in [-0.1, -0.05) is 5.21 Å². The Balaban J connectivity index is 2.45. The summed E-state index contributed by atoms with van der Waals surface area (Å²) in [7, 11) is 3.43. The van der Waals surface area contributed by atoms with E-state index in [2.05, 4.69) is 31.3 Å². The molecular formula is C8H8BrN5O. The Hall–Kier alpha value is -1.50. The highest BCUT2D eigenvalue weighted by atomic mass is 79.9. The van der Waals surface area contributed by atoms with Crippen molar-refractivity contribution in [3.05, 3.63) is 28.3 Å². The lowest BCUT2D eigenvalue weighted by atomic mass is 10.2. The van der Waals surface area contributed by atoms with Gasteiger partial charge in [0.05, 0.1) is 11.8 Å². The maximum Gasteiger partial charge on any atom is 0.217 e. The smallest absolute Gasteiger partial charge is 0.217 e. The summed E-state index contributed by atoms with van der Waals surface area (Å²) < 4.78 is 3.45. The third kappa shape index (κ3) is 1.70. The Morgan fingerprint density at radius 2 is 2.20 bits per heavy atom. The van der Waals surface area contributed by atoms with E-state index >= 15 is 0 Å². The highest BCUT2D eigenvalue weighted by Crippen LogP contribution is 2.16. The van der Waals surface area contributed by atoms with Crippen LogP contribution in [0.25, 0.3) is 0 Å². The summed E-state index contributed by atoms with van der Waals surface area (Å²) in [6.07, 6.45) is 3.17. The summed E-state index contributed by atoms with van der Waals surface area (Å²) >= 11 is 3.18. The van der Waals surface area contributed by atoms with Crippen molar-refractivity contribution in [3.8, 4) is 0 Å². The van der Waals surface area contributed by atoms with Gasteiger partial charge in [-0.05, 0) is 15.9 Å². The maximum absolute atomic E-state index is 12.0. The summed E-state index contributed by atoms with van der Waals surface area (Å²) in [5.41, 5.74) is 0.937. The first-order valence-electron chi connectivity index (χ1n) is 4.18. The quantitative estimate of drug-likeness (QED) is 0.747. The fraction of sp³-hybridized carbons (Fsp3) is 0.250. The van der Waals surface area contributed by atoms with Gasteiger partial charge in [0, 0.05) is 20.3 Å². The molecular weight excluding hydrogens is 262 g/mol. The first kappa shape index (κ1) is 10.0. The van der Waals surface area contributed by atoms with E-state index in [9.17, 15) is 4.79 Å². The third-order valence-corrected chi connectivity index (χ3v) is 2.50. The summed E-state index contributed by atoms with van der Waals surface area (Å²) in [6.45, 7) is 0. The van der Waals surface area contributed by atoms with Crippen molar-refractivity contribution < 1.29 is 4.79 Å². The molecule has 0 bridgehead atoms. The molecule has 0 aliphatic carbocycles. The fourth-order valence-corrected chi connectivity index (χ4v) is 1.76. The molecule has 15 heavy (non-hydrogen) atoms. The van der Waals surface area contributed by atoms with Gasteiger partial charge in [-0.3, -0.25) is 9.48 Å². The van der Waals surface area contributed by atoms with Crippen LogP contribution in [0.2, 0.25) is 0 Å². The van der Waals surface area contributed by atoms with E-state index in [-0.39, 0.29) is 5.78 Å². The van der Waals surface area contributed by atoms with Gasteiger partial charge >= 0.3 is 0 Å².